The van der Waals surface area contributed by atoms with Crippen molar-refractivity contribution in [1.29, 1.82) is 0 Å². The van der Waals surface area contributed by atoms with Crippen LogP contribution in [0.2, 0.25) is 0 Å². The zero-order valence-corrected chi connectivity index (χ0v) is 11.7. The van der Waals surface area contributed by atoms with Gasteiger partial charge in [-0.1, -0.05) is 6.07 Å². The third-order valence-corrected chi connectivity index (χ3v) is 3.94. The van der Waals surface area contributed by atoms with Crippen LogP contribution in [0.1, 0.15) is 12.1 Å². The third-order valence-electron chi connectivity index (χ3n) is 2.43. The summed E-state index contributed by atoms with van der Waals surface area (Å²) in [7, 11) is -0.974. The highest BCUT2D eigenvalue weighted by Gasteiger charge is 2.18. The number of rotatable bonds is 7. The Morgan fingerprint density at radius 1 is 1.47 bits per heavy atom. The van der Waals surface area contributed by atoms with Crippen molar-refractivity contribution in [3.05, 3.63) is 30.1 Å². The van der Waals surface area contributed by atoms with Gasteiger partial charge in [-0.05, 0) is 12.1 Å². The summed E-state index contributed by atoms with van der Waals surface area (Å²) in [6.45, 7) is 0.163. The topological polar surface area (TPSA) is 88.6 Å². The first kappa shape index (κ1) is 15.5. The molecule has 0 aliphatic carbocycles. The van der Waals surface area contributed by atoms with Crippen molar-refractivity contribution < 1.29 is 17.9 Å². The summed E-state index contributed by atoms with van der Waals surface area (Å²) in [5, 5.41) is 0. The number of hydrogen-bond acceptors (Lipinski definition) is 5. The van der Waals surface area contributed by atoms with Gasteiger partial charge in [0, 0.05) is 19.8 Å². The summed E-state index contributed by atoms with van der Waals surface area (Å²) in [5.41, 5.74) is 0.618. The van der Waals surface area contributed by atoms with E-state index in [9.17, 15) is 13.2 Å². The molecule has 7 nitrogen and oxygen atoms in total. The molecule has 0 saturated carbocycles. The molecule has 0 aromatic carbocycles. The molecule has 0 radical (unpaired) electrons. The molecule has 0 atom stereocenters. The largest absolute Gasteiger partial charge is 0.469 e. The standard InChI is InChI=1S/C11H17N3O4S/c1-14(8-6-11(15)18-2)19(16,17)13-9-10-5-3-4-7-12-10/h3-5,7,13H,6,8-9H2,1-2H3. The Morgan fingerprint density at radius 3 is 2.79 bits per heavy atom. The lowest BCUT2D eigenvalue weighted by Gasteiger charge is -2.16. The van der Waals surface area contributed by atoms with Gasteiger partial charge in [0.05, 0.1) is 25.8 Å². The van der Waals surface area contributed by atoms with Crippen molar-refractivity contribution in [3.63, 3.8) is 0 Å². The van der Waals surface area contributed by atoms with Crippen LogP contribution < -0.4 is 4.72 Å². The monoisotopic (exact) mass is 287 g/mol. The van der Waals surface area contributed by atoms with Crippen LogP contribution in [0.15, 0.2) is 24.4 Å². The van der Waals surface area contributed by atoms with Crippen LogP contribution in [0.4, 0.5) is 0 Å². The lowest BCUT2D eigenvalue weighted by Crippen LogP contribution is -2.39. The molecule has 19 heavy (non-hydrogen) atoms. The van der Waals surface area contributed by atoms with Crippen molar-refractivity contribution in [2.75, 3.05) is 20.7 Å². The van der Waals surface area contributed by atoms with E-state index in [-0.39, 0.29) is 19.5 Å². The van der Waals surface area contributed by atoms with Crippen LogP contribution in [0.3, 0.4) is 0 Å². The van der Waals surface area contributed by atoms with Gasteiger partial charge in [-0.2, -0.15) is 17.4 Å². The molecule has 8 heteroatoms. The number of nitrogens with one attached hydrogen (secondary N) is 1. The van der Waals surface area contributed by atoms with Crippen LogP contribution >= 0.6 is 0 Å². The number of esters is 1. The normalized spacial score (nSPS) is 11.5. The molecular formula is C11H17N3O4S. The first-order valence-electron chi connectivity index (χ1n) is 5.63. The maximum atomic E-state index is 11.8. The Balaban J connectivity index is 2.49. The summed E-state index contributed by atoms with van der Waals surface area (Å²) in [6.07, 6.45) is 1.60. The van der Waals surface area contributed by atoms with Crippen molar-refractivity contribution in [3.8, 4) is 0 Å². The van der Waals surface area contributed by atoms with Crippen LogP contribution in [-0.2, 0) is 26.3 Å². The molecule has 0 bridgehead atoms. The van der Waals surface area contributed by atoms with Gasteiger partial charge in [0.25, 0.3) is 10.2 Å². The quantitative estimate of drug-likeness (QED) is 0.708. The lowest BCUT2D eigenvalue weighted by molar-refractivity contribution is -0.140. The molecule has 1 N–H and O–H groups in total. The molecule has 0 amide bonds. The predicted molar refractivity (Wildman–Crippen MR) is 69.3 cm³/mol. The van der Waals surface area contributed by atoms with E-state index in [1.165, 1.54) is 14.2 Å². The minimum Gasteiger partial charge on any atom is -0.469 e. The number of carbonyl (C=O) groups is 1. The van der Waals surface area contributed by atoms with E-state index >= 15 is 0 Å². The Labute approximate surface area is 112 Å². The number of hydrogen-bond donors (Lipinski definition) is 1. The molecule has 0 aliphatic rings. The van der Waals surface area contributed by atoms with Crippen molar-refractivity contribution >= 4 is 16.2 Å². The van der Waals surface area contributed by atoms with Gasteiger partial charge in [0.15, 0.2) is 0 Å². The maximum Gasteiger partial charge on any atom is 0.306 e. The Bertz CT molecular complexity index is 504. The van der Waals surface area contributed by atoms with Gasteiger partial charge in [0.2, 0.25) is 0 Å². The Hall–Kier alpha value is -1.51. The summed E-state index contributed by atoms with van der Waals surface area (Å²) in [6, 6.07) is 5.25. The predicted octanol–water partition coefficient (Wildman–Crippen LogP) is -0.0891. The number of nitrogens with zero attached hydrogens (tertiary/aromatic N) is 2. The number of ether oxygens (including phenoxy) is 1. The van der Waals surface area contributed by atoms with Gasteiger partial charge in [0.1, 0.15) is 0 Å². The summed E-state index contributed by atoms with van der Waals surface area (Å²) >= 11 is 0. The van der Waals surface area contributed by atoms with Gasteiger partial charge in [-0.25, -0.2) is 0 Å². The first-order chi connectivity index (χ1) is 8.95. The molecular weight excluding hydrogens is 270 g/mol. The SMILES string of the molecule is COC(=O)CCN(C)S(=O)(=O)NCc1ccccn1. The molecule has 106 valence electrons. The van der Waals surface area contributed by atoms with Gasteiger partial charge in [-0.15, -0.1) is 0 Å². The molecule has 0 aliphatic heterocycles. The highest BCUT2D eigenvalue weighted by atomic mass is 32.2. The van der Waals surface area contributed by atoms with Crippen molar-refractivity contribution in [1.82, 2.24) is 14.0 Å². The fourth-order valence-electron chi connectivity index (χ4n) is 1.25. The Morgan fingerprint density at radius 2 is 2.21 bits per heavy atom. The van der Waals surface area contributed by atoms with Crippen LogP contribution in [0.25, 0.3) is 0 Å². The number of pyridine rings is 1. The molecule has 0 fully saturated rings. The minimum absolute atomic E-state index is 0.0114. The minimum atomic E-state index is -3.63. The van der Waals surface area contributed by atoms with E-state index in [1.54, 1.807) is 24.4 Å². The number of methoxy groups -OCH3 is 1. The van der Waals surface area contributed by atoms with E-state index < -0.39 is 16.2 Å². The van der Waals surface area contributed by atoms with Gasteiger partial charge < -0.3 is 4.74 Å². The van der Waals surface area contributed by atoms with Crippen LogP contribution in [-0.4, -0.2) is 44.4 Å². The summed E-state index contributed by atoms with van der Waals surface area (Å²) < 4.78 is 31.6. The molecule has 1 aromatic heterocycles. The van der Waals surface area contributed by atoms with Crippen molar-refractivity contribution in [2.24, 2.45) is 0 Å². The molecule has 1 aromatic rings. The average Bonchev–Trinajstić information content (AvgIpc) is 2.43. The molecule has 0 unspecified atom stereocenters. The van der Waals surface area contributed by atoms with Crippen molar-refractivity contribution in [2.45, 2.75) is 13.0 Å². The zero-order chi connectivity index (χ0) is 14.3. The molecule has 0 spiro atoms. The van der Waals surface area contributed by atoms with E-state index in [4.69, 9.17) is 0 Å². The lowest BCUT2D eigenvalue weighted by atomic mass is 10.4. The summed E-state index contributed by atoms with van der Waals surface area (Å²) in [4.78, 5) is 15.0. The highest BCUT2D eigenvalue weighted by molar-refractivity contribution is 7.87. The van der Waals surface area contributed by atoms with E-state index in [0.717, 1.165) is 4.31 Å². The summed E-state index contributed by atoms with van der Waals surface area (Å²) in [5.74, 6) is -0.452. The smallest absolute Gasteiger partial charge is 0.306 e. The fourth-order valence-corrected chi connectivity index (χ4v) is 2.13. The van der Waals surface area contributed by atoms with E-state index in [0.29, 0.717) is 5.69 Å². The van der Waals surface area contributed by atoms with E-state index in [1.807, 2.05) is 0 Å². The second-order valence-electron chi connectivity index (χ2n) is 3.79. The van der Waals surface area contributed by atoms with Crippen LogP contribution in [0.5, 0.6) is 0 Å². The van der Waals surface area contributed by atoms with Crippen LogP contribution in [0, 0.1) is 0 Å². The second-order valence-corrected chi connectivity index (χ2v) is 5.66. The van der Waals surface area contributed by atoms with Gasteiger partial charge >= 0.3 is 5.97 Å². The second kappa shape index (κ2) is 7.17. The van der Waals surface area contributed by atoms with E-state index in [2.05, 4.69) is 14.4 Å². The molecule has 0 saturated heterocycles. The molecule has 1 heterocycles. The van der Waals surface area contributed by atoms with Gasteiger partial charge in [-0.3, -0.25) is 9.78 Å². The number of aromatic nitrogens is 1. The number of carbonyl (C=O) groups excluding carboxylic acids is 1. The highest BCUT2D eigenvalue weighted by Crippen LogP contribution is 1.99. The maximum absolute atomic E-state index is 11.8. The third kappa shape index (κ3) is 5.33. The average molecular weight is 287 g/mol. The Kier molecular flexibility index (Phi) is 5.87. The first-order valence-corrected chi connectivity index (χ1v) is 7.07. The fraction of sp³-hybridized carbons (Fsp3) is 0.455. The zero-order valence-electron chi connectivity index (χ0n) is 10.9. The molecule has 1 rings (SSSR count).